The summed E-state index contributed by atoms with van der Waals surface area (Å²) in [6, 6.07) is -1.02. The maximum Gasteiger partial charge on any atom is 0.305 e. The average Bonchev–Trinajstić information content (AvgIpc) is 2.76. The van der Waals surface area contributed by atoms with Gasteiger partial charge in [-0.1, -0.05) is 0 Å². The number of aliphatic hydroxyl groups excluding tert-OH is 1. The predicted molar refractivity (Wildman–Crippen MR) is 115 cm³/mol. The van der Waals surface area contributed by atoms with Crippen molar-refractivity contribution in [2.75, 3.05) is 52.9 Å². The highest BCUT2D eigenvalue weighted by Crippen LogP contribution is 2.27. The second-order valence-electron chi connectivity index (χ2n) is 7.45. The number of hydrogen-bond donors (Lipinski definition) is 3. The normalized spacial score (nSPS) is 23.9. The van der Waals surface area contributed by atoms with E-state index in [9.17, 15) is 24.3 Å². The van der Waals surface area contributed by atoms with Crippen LogP contribution in [0.3, 0.4) is 0 Å². The molecule has 202 valence electrons. The number of amides is 1. The molecule has 1 amide bonds. The lowest BCUT2D eigenvalue weighted by atomic mass is 9.96. The molecule has 0 aromatic rings. The molecule has 35 heavy (non-hydrogen) atoms. The number of aliphatic carboxylic acids is 1. The van der Waals surface area contributed by atoms with E-state index in [2.05, 4.69) is 5.32 Å². The lowest BCUT2D eigenvalue weighted by Crippen LogP contribution is -2.66. The monoisotopic (exact) mass is 509 g/mol. The van der Waals surface area contributed by atoms with Gasteiger partial charge in [-0.05, 0) is 0 Å². The molecule has 14 nitrogen and oxygen atoms in total. The van der Waals surface area contributed by atoms with Gasteiger partial charge in [-0.2, -0.15) is 0 Å². The van der Waals surface area contributed by atoms with Crippen molar-refractivity contribution in [2.45, 2.75) is 57.8 Å². The molecule has 0 radical (unpaired) electrons. The third-order valence-electron chi connectivity index (χ3n) is 4.51. The molecule has 3 N–H and O–H groups in total. The van der Waals surface area contributed by atoms with Crippen LogP contribution in [-0.2, 0) is 52.3 Å². The Labute approximate surface area is 203 Å². The zero-order valence-corrected chi connectivity index (χ0v) is 20.1. The van der Waals surface area contributed by atoms with Crippen LogP contribution in [0.1, 0.15) is 27.2 Å². The number of carbonyl (C=O) groups is 4. The van der Waals surface area contributed by atoms with Crippen LogP contribution < -0.4 is 5.32 Å². The highest BCUT2D eigenvalue weighted by Gasteiger charge is 2.50. The van der Waals surface area contributed by atoms with Gasteiger partial charge in [0.1, 0.15) is 12.1 Å². The van der Waals surface area contributed by atoms with Gasteiger partial charge in [-0.25, -0.2) is 0 Å². The van der Waals surface area contributed by atoms with E-state index < -0.39 is 61.1 Å². The van der Waals surface area contributed by atoms with Crippen molar-refractivity contribution in [2.24, 2.45) is 0 Å². The lowest BCUT2D eigenvalue weighted by Gasteiger charge is -2.44. The van der Waals surface area contributed by atoms with Gasteiger partial charge < -0.3 is 48.7 Å². The quantitative estimate of drug-likeness (QED) is 0.154. The summed E-state index contributed by atoms with van der Waals surface area (Å²) in [7, 11) is 0. The van der Waals surface area contributed by atoms with E-state index in [-0.39, 0.29) is 52.7 Å². The Morgan fingerprint density at radius 2 is 1.31 bits per heavy atom. The van der Waals surface area contributed by atoms with E-state index in [1.165, 1.54) is 6.92 Å². The van der Waals surface area contributed by atoms with E-state index in [0.717, 1.165) is 13.8 Å². The highest BCUT2D eigenvalue weighted by atomic mass is 16.7. The fraction of sp³-hybridized carbons (Fsp3) is 0.810. The SMILES string of the molecule is CC(=O)NC1[C@H](OCCOCCOCCOCCC(=O)O)OC(CO)[C@H](OC(C)=O)[C@@H]1OC(C)=O. The Balaban J connectivity index is 2.52. The van der Waals surface area contributed by atoms with Crippen LogP contribution in [0, 0.1) is 0 Å². The summed E-state index contributed by atoms with van der Waals surface area (Å²) >= 11 is 0. The summed E-state index contributed by atoms with van der Waals surface area (Å²) in [4.78, 5) is 45.4. The van der Waals surface area contributed by atoms with E-state index >= 15 is 0 Å². The van der Waals surface area contributed by atoms with Gasteiger partial charge in [-0.3, -0.25) is 19.2 Å². The van der Waals surface area contributed by atoms with Crippen molar-refractivity contribution in [3.63, 3.8) is 0 Å². The molecule has 1 heterocycles. The van der Waals surface area contributed by atoms with Crippen LogP contribution in [0.4, 0.5) is 0 Å². The van der Waals surface area contributed by atoms with E-state index in [1.807, 2.05) is 0 Å². The van der Waals surface area contributed by atoms with Crippen molar-refractivity contribution in [1.29, 1.82) is 0 Å². The van der Waals surface area contributed by atoms with Crippen molar-refractivity contribution in [3.05, 3.63) is 0 Å². The Morgan fingerprint density at radius 1 is 0.800 bits per heavy atom. The van der Waals surface area contributed by atoms with Gasteiger partial charge in [0.15, 0.2) is 18.5 Å². The van der Waals surface area contributed by atoms with Crippen molar-refractivity contribution in [3.8, 4) is 0 Å². The van der Waals surface area contributed by atoms with E-state index in [0.29, 0.717) is 0 Å². The average molecular weight is 510 g/mol. The first kappa shape index (κ1) is 30.7. The second-order valence-corrected chi connectivity index (χ2v) is 7.45. The van der Waals surface area contributed by atoms with Gasteiger partial charge in [0.2, 0.25) is 5.91 Å². The molecule has 0 aliphatic carbocycles. The standard InChI is InChI=1S/C21H35NO13/c1-13(24)22-18-20(34-15(3)26)19(33-14(2)25)16(12-23)35-21(18)32-11-10-31-9-8-30-7-6-29-5-4-17(27)28/h16,18-21,23H,4-12H2,1-3H3,(H,22,24)(H,27,28)/t16?,18?,19-,20+,21+/m0/s1. The number of carboxylic acids is 1. The van der Waals surface area contributed by atoms with Crippen molar-refractivity contribution >= 4 is 23.8 Å². The molecule has 0 spiro atoms. The topological polar surface area (TPSA) is 185 Å². The van der Waals surface area contributed by atoms with Gasteiger partial charge in [-0.15, -0.1) is 0 Å². The first-order chi connectivity index (χ1) is 16.6. The molecule has 1 saturated heterocycles. The molecule has 1 aliphatic rings. The number of rotatable bonds is 17. The largest absolute Gasteiger partial charge is 0.481 e. The minimum Gasteiger partial charge on any atom is -0.481 e. The third kappa shape index (κ3) is 12.8. The molecule has 1 rings (SSSR count). The molecule has 0 saturated carbocycles. The lowest BCUT2D eigenvalue weighted by molar-refractivity contribution is -0.278. The fourth-order valence-corrected chi connectivity index (χ4v) is 3.17. The summed E-state index contributed by atoms with van der Waals surface area (Å²) in [6.45, 7) is 4.38. The summed E-state index contributed by atoms with van der Waals surface area (Å²) in [5.41, 5.74) is 0. The minimum atomic E-state index is -1.17. The van der Waals surface area contributed by atoms with E-state index in [4.69, 9.17) is 38.3 Å². The first-order valence-electron chi connectivity index (χ1n) is 11.1. The number of aliphatic hydroxyl groups is 1. The van der Waals surface area contributed by atoms with Gasteiger partial charge in [0, 0.05) is 20.8 Å². The van der Waals surface area contributed by atoms with E-state index in [1.54, 1.807) is 0 Å². The van der Waals surface area contributed by atoms with Gasteiger partial charge in [0.05, 0.1) is 59.3 Å². The van der Waals surface area contributed by atoms with Gasteiger partial charge >= 0.3 is 17.9 Å². The Hall–Kier alpha value is -2.36. The van der Waals surface area contributed by atoms with Crippen LogP contribution in [0.15, 0.2) is 0 Å². The third-order valence-corrected chi connectivity index (χ3v) is 4.51. The van der Waals surface area contributed by atoms with Crippen LogP contribution >= 0.6 is 0 Å². The zero-order chi connectivity index (χ0) is 26.2. The van der Waals surface area contributed by atoms with Crippen molar-refractivity contribution in [1.82, 2.24) is 5.32 Å². The zero-order valence-electron chi connectivity index (χ0n) is 20.1. The molecule has 1 aliphatic heterocycles. The molecule has 14 heteroatoms. The molecule has 1 fully saturated rings. The molecule has 0 aromatic carbocycles. The van der Waals surface area contributed by atoms with Crippen LogP contribution in [0.25, 0.3) is 0 Å². The van der Waals surface area contributed by atoms with Crippen LogP contribution in [0.2, 0.25) is 0 Å². The van der Waals surface area contributed by atoms with Crippen molar-refractivity contribution < 1.29 is 62.5 Å². The Morgan fingerprint density at radius 3 is 1.80 bits per heavy atom. The Kier molecular flexibility index (Phi) is 15.0. The number of nitrogens with one attached hydrogen (secondary N) is 1. The minimum absolute atomic E-state index is 0.0300. The van der Waals surface area contributed by atoms with Crippen LogP contribution in [0.5, 0.6) is 0 Å². The molecular weight excluding hydrogens is 474 g/mol. The number of hydrogen-bond acceptors (Lipinski definition) is 12. The Bertz CT molecular complexity index is 674. The van der Waals surface area contributed by atoms with Crippen LogP contribution in [-0.4, -0.2) is 118 Å². The molecule has 5 atom stereocenters. The number of esters is 2. The summed E-state index contributed by atoms with van der Waals surface area (Å²) in [6.07, 6.45) is -4.59. The predicted octanol–water partition coefficient (Wildman–Crippen LogP) is -1.39. The maximum atomic E-state index is 11.8. The van der Waals surface area contributed by atoms with Gasteiger partial charge in [0.25, 0.3) is 0 Å². The molecule has 0 bridgehead atoms. The smallest absolute Gasteiger partial charge is 0.305 e. The first-order valence-corrected chi connectivity index (χ1v) is 11.1. The summed E-state index contributed by atoms with van der Waals surface area (Å²) < 4.78 is 37.7. The molecular formula is C21H35NO13. The summed E-state index contributed by atoms with van der Waals surface area (Å²) in [5.74, 6) is -2.76. The fourth-order valence-electron chi connectivity index (χ4n) is 3.17. The highest BCUT2D eigenvalue weighted by molar-refractivity contribution is 5.73. The maximum absolute atomic E-state index is 11.8. The number of ether oxygens (including phenoxy) is 7. The number of carbonyl (C=O) groups excluding carboxylic acids is 3. The summed E-state index contributed by atoms with van der Waals surface area (Å²) in [5, 5.41) is 20.8. The number of carboxylic acid groups (broad SMARTS) is 1. The molecule has 0 aromatic heterocycles. The molecule has 2 unspecified atom stereocenters. The second kappa shape index (κ2) is 17.1.